The first kappa shape index (κ1) is 13.3. The van der Waals surface area contributed by atoms with Crippen molar-refractivity contribution in [1.29, 1.82) is 0 Å². The van der Waals surface area contributed by atoms with E-state index in [1.165, 1.54) is 10.4 Å². The van der Waals surface area contributed by atoms with Crippen LogP contribution in [0.2, 0.25) is 0 Å². The van der Waals surface area contributed by atoms with Gasteiger partial charge in [-0.25, -0.2) is 0 Å². The lowest BCUT2D eigenvalue weighted by Gasteiger charge is -2.32. The molecule has 0 aliphatic carbocycles. The Bertz CT molecular complexity index is 489. The molecule has 0 saturated carbocycles. The zero-order valence-corrected chi connectivity index (χ0v) is 11.4. The van der Waals surface area contributed by atoms with E-state index in [0.717, 1.165) is 12.0 Å². The Morgan fingerprint density at radius 3 is 2.56 bits per heavy atom. The lowest BCUT2D eigenvalue weighted by atomic mass is 9.76. The van der Waals surface area contributed by atoms with Gasteiger partial charge in [0, 0.05) is 16.8 Å². The molecular weight excluding hydrogens is 242 g/mol. The van der Waals surface area contributed by atoms with Crippen molar-refractivity contribution >= 4 is 11.3 Å². The number of aliphatic hydroxyl groups excluding tert-OH is 1. The SMILES string of the molecule is Cc1ccccc1C(CN)(CO)Cc1cccs1. The lowest BCUT2D eigenvalue weighted by molar-refractivity contribution is 0.196. The van der Waals surface area contributed by atoms with E-state index < -0.39 is 0 Å². The van der Waals surface area contributed by atoms with Gasteiger partial charge in [-0.05, 0) is 35.9 Å². The highest BCUT2D eigenvalue weighted by molar-refractivity contribution is 7.09. The van der Waals surface area contributed by atoms with Crippen LogP contribution in [0.4, 0.5) is 0 Å². The normalized spacial score (nSPS) is 14.4. The van der Waals surface area contributed by atoms with E-state index in [-0.39, 0.29) is 12.0 Å². The summed E-state index contributed by atoms with van der Waals surface area (Å²) in [6, 6.07) is 12.3. The first-order valence-corrected chi connectivity index (χ1v) is 6.99. The maximum Gasteiger partial charge on any atom is 0.0543 e. The summed E-state index contributed by atoms with van der Waals surface area (Å²) in [4.78, 5) is 1.26. The van der Waals surface area contributed by atoms with Crippen molar-refractivity contribution in [2.75, 3.05) is 13.2 Å². The molecule has 0 aliphatic heterocycles. The van der Waals surface area contributed by atoms with E-state index >= 15 is 0 Å². The monoisotopic (exact) mass is 261 g/mol. The maximum atomic E-state index is 9.88. The van der Waals surface area contributed by atoms with Gasteiger partial charge >= 0.3 is 0 Å². The molecule has 0 fully saturated rings. The van der Waals surface area contributed by atoms with Gasteiger partial charge in [0.2, 0.25) is 0 Å². The minimum absolute atomic E-state index is 0.0756. The van der Waals surface area contributed by atoms with Crippen molar-refractivity contribution in [3.63, 3.8) is 0 Å². The van der Waals surface area contributed by atoms with E-state index in [2.05, 4.69) is 30.5 Å². The van der Waals surface area contributed by atoms with Crippen LogP contribution in [-0.2, 0) is 11.8 Å². The Balaban J connectivity index is 2.40. The molecule has 0 aliphatic rings. The fraction of sp³-hybridized carbons (Fsp3) is 0.333. The molecule has 1 unspecified atom stereocenters. The van der Waals surface area contributed by atoms with Crippen molar-refractivity contribution in [3.05, 3.63) is 57.8 Å². The molecule has 0 saturated heterocycles. The van der Waals surface area contributed by atoms with Crippen molar-refractivity contribution in [1.82, 2.24) is 0 Å². The molecule has 3 heteroatoms. The topological polar surface area (TPSA) is 46.2 Å². The molecule has 0 spiro atoms. The van der Waals surface area contributed by atoms with Crippen molar-refractivity contribution < 1.29 is 5.11 Å². The summed E-state index contributed by atoms with van der Waals surface area (Å²) in [6.45, 7) is 2.60. The molecule has 3 N–H and O–H groups in total. The Hall–Kier alpha value is -1.16. The highest BCUT2D eigenvalue weighted by atomic mass is 32.1. The van der Waals surface area contributed by atoms with Gasteiger partial charge in [-0.2, -0.15) is 0 Å². The Kier molecular flexibility index (Phi) is 4.17. The highest BCUT2D eigenvalue weighted by Gasteiger charge is 2.32. The second-order valence-corrected chi connectivity index (χ2v) is 5.75. The van der Waals surface area contributed by atoms with Crippen LogP contribution in [0, 0.1) is 6.92 Å². The fourth-order valence-corrected chi connectivity index (χ4v) is 3.25. The Morgan fingerprint density at radius 1 is 1.22 bits per heavy atom. The number of hydrogen-bond donors (Lipinski definition) is 2. The first-order valence-electron chi connectivity index (χ1n) is 6.11. The summed E-state index contributed by atoms with van der Waals surface area (Å²) >= 11 is 1.71. The first-order chi connectivity index (χ1) is 8.72. The number of rotatable bonds is 5. The van der Waals surface area contributed by atoms with Gasteiger partial charge in [-0.3, -0.25) is 0 Å². The molecule has 0 bridgehead atoms. The van der Waals surface area contributed by atoms with Crippen LogP contribution in [0.25, 0.3) is 0 Å². The molecule has 0 amide bonds. The van der Waals surface area contributed by atoms with Crippen LogP contribution < -0.4 is 5.73 Å². The zero-order valence-electron chi connectivity index (χ0n) is 10.6. The summed E-state index contributed by atoms with van der Waals surface area (Å²) in [5.74, 6) is 0. The number of hydrogen-bond acceptors (Lipinski definition) is 3. The fourth-order valence-electron chi connectivity index (χ4n) is 2.40. The molecular formula is C15H19NOS. The van der Waals surface area contributed by atoms with Crippen molar-refractivity contribution in [2.45, 2.75) is 18.8 Å². The summed E-state index contributed by atoms with van der Waals surface area (Å²) in [5.41, 5.74) is 7.96. The number of aryl methyl sites for hydroxylation is 1. The lowest BCUT2D eigenvalue weighted by Crippen LogP contribution is -2.41. The van der Waals surface area contributed by atoms with Gasteiger partial charge in [-0.1, -0.05) is 30.3 Å². The van der Waals surface area contributed by atoms with Crippen LogP contribution in [-0.4, -0.2) is 18.3 Å². The van der Waals surface area contributed by atoms with Crippen LogP contribution in [0.1, 0.15) is 16.0 Å². The quantitative estimate of drug-likeness (QED) is 0.868. The maximum absolute atomic E-state index is 9.88. The summed E-state index contributed by atoms with van der Waals surface area (Å²) in [5, 5.41) is 11.9. The van der Waals surface area contributed by atoms with Gasteiger partial charge in [0.1, 0.15) is 0 Å². The minimum atomic E-state index is -0.365. The standard InChI is InChI=1S/C15H19NOS/c1-12-5-2-3-7-14(12)15(10-16,11-17)9-13-6-4-8-18-13/h2-8,17H,9-11,16H2,1H3. The van der Waals surface area contributed by atoms with Crippen LogP contribution in [0.15, 0.2) is 41.8 Å². The van der Waals surface area contributed by atoms with Gasteiger partial charge in [-0.15, -0.1) is 11.3 Å². The van der Waals surface area contributed by atoms with Gasteiger partial charge < -0.3 is 10.8 Å². The predicted octanol–water partition coefficient (Wildman–Crippen LogP) is 2.49. The Morgan fingerprint density at radius 2 is 2.00 bits per heavy atom. The molecule has 1 heterocycles. The molecule has 2 rings (SSSR count). The summed E-state index contributed by atoms with van der Waals surface area (Å²) < 4.78 is 0. The molecule has 2 aromatic rings. The average Bonchev–Trinajstić information content (AvgIpc) is 2.90. The van der Waals surface area contributed by atoms with Crippen molar-refractivity contribution in [2.24, 2.45) is 5.73 Å². The van der Waals surface area contributed by atoms with E-state index in [1.54, 1.807) is 11.3 Å². The van der Waals surface area contributed by atoms with Gasteiger partial charge in [0.15, 0.2) is 0 Å². The summed E-state index contributed by atoms with van der Waals surface area (Å²) in [6.07, 6.45) is 0.794. The van der Waals surface area contributed by atoms with Gasteiger partial charge in [0.25, 0.3) is 0 Å². The molecule has 1 atom stereocenters. The molecule has 18 heavy (non-hydrogen) atoms. The number of nitrogens with two attached hydrogens (primary N) is 1. The summed E-state index contributed by atoms with van der Waals surface area (Å²) in [7, 11) is 0. The molecule has 0 radical (unpaired) electrons. The number of aliphatic hydroxyl groups is 1. The minimum Gasteiger partial charge on any atom is -0.395 e. The van der Waals surface area contributed by atoms with Crippen LogP contribution in [0.3, 0.4) is 0 Å². The largest absolute Gasteiger partial charge is 0.395 e. The van der Waals surface area contributed by atoms with Crippen LogP contribution in [0.5, 0.6) is 0 Å². The third-order valence-electron chi connectivity index (χ3n) is 3.50. The molecule has 1 aromatic carbocycles. The second-order valence-electron chi connectivity index (χ2n) is 4.71. The molecule has 2 nitrogen and oxygen atoms in total. The predicted molar refractivity (Wildman–Crippen MR) is 77.0 cm³/mol. The average molecular weight is 261 g/mol. The third-order valence-corrected chi connectivity index (χ3v) is 4.38. The zero-order chi connectivity index (χ0) is 13.0. The highest BCUT2D eigenvalue weighted by Crippen LogP contribution is 2.31. The Labute approximate surface area is 112 Å². The number of benzene rings is 1. The molecule has 1 aromatic heterocycles. The van der Waals surface area contributed by atoms with E-state index in [9.17, 15) is 5.11 Å². The van der Waals surface area contributed by atoms with E-state index in [4.69, 9.17) is 5.73 Å². The van der Waals surface area contributed by atoms with E-state index in [1.807, 2.05) is 18.2 Å². The van der Waals surface area contributed by atoms with Crippen molar-refractivity contribution in [3.8, 4) is 0 Å². The van der Waals surface area contributed by atoms with E-state index in [0.29, 0.717) is 6.54 Å². The number of thiophene rings is 1. The third kappa shape index (κ3) is 2.48. The molecule has 96 valence electrons. The van der Waals surface area contributed by atoms with Crippen LogP contribution >= 0.6 is 11.3 Å². The van der Waals surface area contributed by atoms with Gasteiger partial charge in [0.05, 0.1) is 6.61 Å². The second kappa shape index (κ2) is 5.65. The smallest absolute Gasteiger partial charge is 0.0543 e.